The summed E-state index contributed by atoms with van der Waals surface area (Å²) in [5.74, 6) is -0.559. The van der Waals surface area contributed by atoms with Gasteiger partial charge in [-0.15, -0.1) is 0 Å². The van der Waals surface area contributed by atoms with Crippen LogP contribution >= 0.6 is 0 Å². The molecule has 1 aromatic rings. The van der Waals surface area contributed by atoms with Crippen LogP contribution in [-0.4, -0.2) is 19.0 Å². The van der Waals surface area contributed by atoms with Crippen LogP contribution in [0.1, 0.15) is 17.2 Å². The van der Waals surface area contributed by atoms with E-state index in [0.29, 0.717) is 5.56 Å². The molecule has 0 aromatic heterocycles. The molecule has 1 aromatic carbocycles. The molecule has 0 saturated heterocycles. The van der Waals surface area contributed by atoms with Crippen molar-refractivity contribution in [1.29, 1.82) is 10.5 Å². The first-order valence-corrected chi connectivity index (χ1v) is 4.35. The van der Waals surface area contributed by atoms with E-state index in [0.717, 1.165) is 0 Å². The number of hydrogen-bond acceptors (Lipinski definition) is 3. The Bertz CT molecular complexity index is 440. The van der Waals surface area contributed by atoms with E-state index in [2.05, 4.69) is 6.07 Å². The highest BCUT2D eigenvalue weighted by Crippen LogP contribution is 2.19. The van der Waals surface area contributed by atoms with Gasteiger partial charge in [-0.3, -0.25) is 4.90 Å². The summed E-state index contributed by atoms with van der Waals surface area (Å²) >= 11 is 0. The van der Waals surface area contributed by atoms with E-state index in [1.165, 1.54) is 18.2 Å². The highest BCUT2D eigenvalue weighted by molar-refractivity contribution is 5.37. The largest absolute Gasteiger partial charge is 0.291 e. The summed E-state index contributed by atoms with van der Waals surface area (Å²) in [6, 6.07) is 7.51. The van der Waals surface area contributed by atoms with Crippen LogP contribution in [0.4, 0.5) is 4.39 Å². The Balaban J connectivity index is 3.18. The van der Waals surface area contributed by atoms with Crippen LogP contribution in [0.3, 0.4) is 0 Å². The molecule has 4 heteroatoms. The van der Waals surface area contributed by atoms with Crippen molar-refractivity contribution in [3.8, 4) is 12.1 Å². The van der Waals surface area contributed by atoms with Gasteiger partial charge < -0.3 is 0 Å². The Morgan fingerprint density at radius 2 is 2.00 bits per heavy atom. The Morgan fingerprint density at radius 1 is 1.33 bits per heavy atom. The van der Waals surface area contributed by atoms with Crippen LogP contribution < -0.4 is 0 Å². The third-order valence-electron chi connectivity index (χ3n) is 2.07. The average Bonchev–Trinajstić information content (AvgIpc) is 2.21. The Kier molecular flexibility index (Phi) is 3.38. The standard InChI is InChI=1S/C11H10FN3/c1-15(2)11(7-14)8-3-4-10(12)9(5-8)6-13/h3-5,11H,1-2H3. The maximum Gasteiger partial charge on any atom is 0.140 e. The lowest BCUT2D eigenvalue weighted by atomic mass is 10.0. The van der Waals surface area contributed by atoms with Crippen LogP contribution in [0.5, 0.6) is 0 Å². The lowest BCUT2D eigenvalue weighted by molar-refractivity contribution is 0.358. The van der Waals surface area contributed by atoms with E-state index in [9.17, 15) is 4.39 Å². The average molecular weight is 203 g/mol. The van der Waals surface area contributed by atoms with Crippen molar-refractivity contribution >= 4 is 0 Å². The summed E-state index contributed by atoms with van der Waals surface area (Å²) < 4.78 is 13.0. The summed E-state index contributed by atoms with van der Waals surface area (Å²) in [5, 5.41) is 17.6. The van der Waals surface area contributed by atoms with E-state index in [-0.39, 0.29) is 5.56 Å². The zero-order valence-electron chi connectivity index (χ0n) is 8.53. The number of rotatable bonds is 2. The quantitative estimate of drug-likeness (QED) is 0.736. The van der Waals surface area contributed by atoms with Gasteiger partial charge in [-0.25, -0.2) is 4.39 Å². The van der Waals surface area contributed by atoms with Gasteiger partial charge in [0, 0.05) is 0 Å². The molecule has 0 aliphatic rings. The summed E-state index contributed by atoms with van der Waals surface area (Å²) in [6.07, 6.45) is 0. The molecule has 0 aliphatic heterocycles. The minimum absolute atomic E-state index is 0.0328. The van der Waals surface area contributed by atoms with Gasteiger partial charge in [0.15, 0.2) is 0 Å². The molecule has 1 unspecified atom stereocenters. The van der Waals surface area contributed by atoms with Crippen LogP contribution in [-0.2, 0) is 0 Å². The van der Waals surface area contributed by atoms with Gasteiger partial charge in [-0.05, 0) is 31.8 Å². The smallest absolute Gasteiger partial charge is 0.140 e. The Hall–Kier alpha value is -1.91. The zero-order chi connectivity index (χ0) is 11.4. The fourth-order valence-corrected chi connectivity index (χ4v) is 1.29. The number of nitriles is 2. The maximum absolute atomic E-state index is 13.0. The highest BCUT2D eigenvalue weighted by Gasteiger charge is 2.14. The first-order chi connectivity index (χ1) is 7.10. The van der Waals surface area contributed by atoms with Crippen LogP contribution in [0.2, 0.25) is 0 Å². The number of nitrogens with zero attached hydrogens (tertiary/aromatic N) is 3. The second-order valence-corrected chi connectivity index (χ2v) is 3.35. The fourth-order valence-electron chi connectivity index (χ4n) is 1.29. The summed E-state index contributed by atoms with van der Waals surface area (Å²) in [5.41, 5.74) is 0.593. The van der Waals surface area contributed by atoms with Crippen molar-refractivity contribution in [1.82, 2.24) is 4.90 Å². The van der Waals surface area contributed by atoms with Gasteiger partial charge in [-0.2, -0.15) is 10.5 Å². The van der Waals surface area contributed by atoms with Gasteiger partial charge in [-0.1, -0.05) is 6.07 Å². The van der Waals surface area contributed by atoms with Crippen molar-refractivity contribution in [2.45, 2.75) is 6.04 Å². The van der Waals surface area contributed by atoms with Crippen molar-refractivity contribution in [2.24, 2.45) is 0 Å². The number of halogens is 1. The molecular weight excluding hydrogens is 193 g/mol. The summed E-state index contributed by atoms with van der Waals surface area (Å²) in [6.45, 7) is 0. The third-order valence-corrected chi connectivity index (χ3v) is 2.07. The van der Waals surface area contributed by atoms with E-state index < -0.39 is 11.9 Å². The summed E-state index contributed by atoms with van der Waals surface area (Å²) in [4.78, 5) is 1.70. The minimum atomic E-state index is -0.559. The van der Waals surface area contributed by atoms with Crippen LogP contribution in [0, 0.1) is 28.5 Å². The van der Waals surface area contributed by atoms with Crippen LogP contribution in [0.25, 0.3) is 0 Å². The normalized spacial score (nSPS) is 11.9. The molecule has 0 aliphatic carbocycles. The topological polar surface area (TPSA) is 50.8 Å². The predicted octanol–water partition coefficient (Wildman–Crippen LogP) is 1.82. The molecule has 3 nitrogen and oxygen atoms in total. The fraction of sp³-hybridized carbons (Fsp3) is 0.273. The van der Waals surface area contributed by atoms with Crippen LogP contribution in [0.15, 0.2) is 18.2 Å². The SMILES string of the molecule is CN(C)C(C#N)c1ccc(F)c(C#N)c1. The lowest BCUT2D eigenvalue weighted by Gasteiger charge is -2.17. The maximum atomic E-state index is 13.0. The highest BCUT2D eigenvalue weighted by atomic mass is 19.1. The molecule has 0 heterocycles. The molecule has 0 N–H and O–H groups in total. The van der Waals surface area contributed by atoms with Gasteiger partial charge in [0.05, 0.1) is 11.6 Å². The zero-order valence-corrected chi connectivity index (χ0v) is 8.53. The molecule has 15 heavy (non-hydrogen) atoms. The Morgan fingerprint density at radius 3 is 2.47 bits per heavy atom. The van der Waals surface area contributed by atoms with Crippen molar-refractivity contribution in [3.63, 3.8) is 0 Å². The van der Waals surface area contributed by atoms with Gasteiger partial charge in [0.2, 0.25) is 0 Å². The third kappa shape index (κ3) is 2.31. The van der Waals surface area contributed by atoms with Gasteiger partial charge >= 0.3 is 0 Å². The summed E-state index contributed by atoms with van der Waals surface area (Å²) in [7, 11) is 3.51. The predicted molar refractivity (Wildman–Crippen MR) is 53.2 cm³/mol. The molecule has 0 spiro atoms. The monoisotopic (exact) mass is 203 g/mol. The second kappa shape index (κ2) is 4.54. The lowest BCUT2D eigenvalue weighted by Crippen LogP contribution is -2.18. The molecule has 0 amide bonds. The number of benzene rings is 1. The second-order valence-electron chi connectivity index (χ2n) is 3.35. The molecule has 0 saturated carbocycles. The molecule has 1 atom stereocenters. The minimum Gasteiger partial charge on any atom is -0.291 e. The number of hydrogen-bond donors (Lipinski definition) is 0. The van der Waals surface area contributed by atoms with Gasteiger partial charge in [0.25, 0.3) is 0 Å². The molecular formula is C11H10FN3. The van der Waals surface area contributed by atoms with E-state index in [4.69, 9.17) is 10.5 Å². The van der Waals surface area contributed by atoms with E-state index in [1.54, 1.807) is 25.1 Å². The van der Waals surface area contributed by atoms with E-state index >= 15 is 0 Å². The molecule has 76 valence electrons. The molecule has 1 rings (SSSR count). The van der Waals surface area contributed by atoms with Crippen molar-refractivity contribution < 1.29 is 4.39 Å². The van der Waals surface area contributed by atoms with Crippen molar-refractivity contribution in [3.05, 3.63) is 35.1 Å². The Labute approximate surface area is 88.0 Å². The van der Waals surface area contributed by atoms with E-state index in [1.807, 2.05) is 0 Å². The molecule has 0 bridgehead atoms. The van der Waals surface area contributed by atoms with Crippen molar-refractivity contribution in [2.75, 3.05) is 14.1 Å². The van der Waals surface area contributed by atoms with Gasteiger partial charge in [0.1, 0.15) is 17.9 Å². The molecule has 0 fully saturated rings. The molecule has 0 radical (unpaired) electrons. The first kappa shape index (κ1) is 11.2. The first-order valence-electron chi connectivity index (χ1n) is 4.35.